The topological polar surface area (TPSA) is 79.5 Å². The quantitative estimate of drug-likeness (QED) is 0.851. The van der Waals surface area contributed by atoms with E-state index in [4.69, 9.17) is 4.52 Å². The molecule has 0 amide bonds. The Kier molecular flexibility index (Phi) is 5.66. The number of piperidine rings is 1. The number of nitrogens with zero attached hydrogens (tertiary/aromatic N) is 3. The summed E-state index contributed by atoms with van der Waals surface area (Å²) in [7, 11) is 0. The SMILES string of the molecule is Cc1ccc(-c2noc(CCCN3CC(C)CC(C(=O)O)C3)n2)cc1F. The van der Waals surface area contributed by atoms with Gasteiger partial charge < -0.3 is 14.5 Å². The highest BCUT2D eigenvalue weighted by molar-refractivity contribution is 5.70. The fourth-order valence-corrected chi connectivity index (χ4v) is 3.48. The first-order valence-corrected chi connectivity index (χ1v) is 8.96. The van der Waals surface area contributed by atoms with E-state index in [9.17, 15) is 14.3 Å². The van der Waals surface area contributed by atoms with E-state index in [1.165, 1.54) is 6.07 Å². The molecule has 3 rings (SSSR count). The van der Waals surface area contributed by atoms with Crippen molar-refractivity contribution < 1.29 is 18.8 Å². The minimum Gasteiger partial charge on any atom is -0.481 e. The Bertz CT molecular complexity index is 777. The van der Waals surface area contributed by atoms with Crippen LogP contribution in [0.3, 0.4) is 0 Å². The molecule has 2 unspecified atom stereocenters. The number of carboxylic acid groups (broad SMARTS) is 1. The van der Waals surface area contributed by atoms with Crippen LogP contribution in [0.2, 0.25) is 0 Å². The van der Waals surface area contributed by atoms with Gasteiger partial charge in [0.1, 0.15) is 5.82 Å². The van der Waals surface area contributed by atoms with E-state index < -0.39 is 5.97 Å². The predicted octanol–water partition coefficient (Wildman–Crippen LogP) is 3.16. The minimum absolute atomic E-state index is 0.287. The van der Waals surface area contributed by atoms with Gasteiger partial charge in [0, 0.05) is 25.1 Å². The van der Waals surface area contributed by atoms with Crippen molar-refractivity contribution >= 4 is 5.97 Å². The van der Waals surface area contributed by atoms with Crippen LogP contribution in [0.5, 0.6) is 0 Å². The van der Waals surface area contributed by atoms with Crippen LogP contribution < -0.4 is 0 Å². The normalized spacial score (nSPS) is 21.0. The van der Waals surface area contributed by atoms with Gasteiger partial charge in [0.15, 0.2) is 0 Å². The first-order valence-electron chi connectivity index (χ1n) is 8.96. The summed E-state index contributed by atoms with van der Waals surface area (Å²) in [6, 6.07) is 4.87. The third-order valence-electron chi connectivity index (χ3n) is 4.85. The van der Waals surface area contributed by atoms with Gasteiger partial charge >= 0.3 is 5.97 Å². The van der Waals surface area contributed by atoms with Crippen molar-refractivity contribution in [2.75, 3.05) is 19.6 Å². The van der Waals surface area contributed by atoms with Crippen LogP contribution in [0.1, 0.15) is 31.2 Å². The van der Waals surface area contributed by atoms with Crippen LogP contribution in [0, 0.1) is 24.6 Å². The van der Waals surface area contributed by atoms with Gasteiger partial charge in [-0.1, -0.05) is 24.2 Å². The van der Waals surface area contributed by atoms with Crippen LogP contribution in [0.25, 0.3) is 11.4 Å². The average Bonchev–Trinajstić information content (AvgIpc) is 3.06. The number of aliphatic carboxylic acids is 1. The number of aromatic nitrogens is 2. The molecular formula is C19H24FN3O3. The fourth-order valence-electron chi connectivity index (χ4n) is 3.48. The Labute approximate surface area is 152 Å². The summed E-state index contributed by atoms with van der Waals surface area (Å²) in [6.45, 7) is 6.11. The standard InChI is InChI=1S/C19H24FN3O3/c1-12-8-15(19(24)25)11-23(10-12)7-3-4-17-21-18(22-26-17)14-6-5-13(2)16(20)9-14/h5-6,9,12,15H,3-4,7-8,10-11H2,1-2H3,(H,24,25). The Balaban J connectivity index is 1.53. The van der Waals surface area contributed by atoms with Gasteiger partial charge in [-0.25, -0.2) is 4.39 Å². The van der Waals surface area contributed by atoms with Gasteiger partial charge in [-0.05, 0) is 43.9 Å². The number of aryl methyl sites for hydroxylation is 2. The summed E-state index contributed by atoms with van der Waals surface area (Å²) in [5.41, 5.74) is 1.17. The van der Waals surface area contributed by atoms with Gasteiger partial charge in [0.25, 0.3) is 0 Å². The van der Waals surface area contributed by atoms with Crippen molar-refractivity contribution in [1.29, 1.82) is 0 Å². The lowest BCUT2D eigenvalue weighted by Crippen LogP contribution is -2.42. The Hall–Kier alpha value is -2.28. The molecule has 1 N–H and O–H groups in total. The first-order chi connectivity index (χ1) is 12.4. The zero-order valence-electron chi connectivity index (χ0n) is 15.1. The Morgan fingerprint density at radius 1 is 1.42 bits per heavy atom. The van der Waals surface area contributed by atoms with Crippen LogP contribution in [-0.2, 0) is 11.2 Å². The highest BCUT2D eigenvalue weighted by Crippen LogP contribution is 2.22. The van der Waals surface area contributed by atoms with Crippen molar-refractivity contribution in [3.8, 4) is 11.4 Å². The van der Waals surface area contributed by atoms with E-state index in [1.807, 2.05) is 0 Å². The van der Waals surface area contributed by atoms with Crippen LogP contribution in [0.15, 0.2) is 22.7 Å². The maximum atomic E-state index is 13.7. The molecule has 2 aromatic rings. The molecule has 0 aliphatic carbocycles. The van der Waals surface area contributed by atoms with Crippen LogP contribution in [0.4, 0.5) is 4.39 Å². The maximum Gasteiger partial charge on any atom is 0.307 e. The molecule has 2 atom stereocenters. The molecular weight excluding hydrogens is 337 g/mol. The molecule has 1 aromatic heterocycles. The van der Waals surface area contributed by atoms with Crippen molar-refractivity contribution in [2.45, 2.75) is 33.1 Å². The van der Waals surface area contributed by atoms with Crippen molar-refractivity contribution in [2.24, 2.45) is 11.8 Å². The van der Waals surface area contributed by atoms with E-state index >= 15 is 0 Å². The highest BCUT2D eigenvalue weighted by atomic mass is 19.1. The summed E-state index contributed by atoms with van der Waals surface area (Å²) in [6.07, 6.45) is 2.17. The van der Waals surface area contributed by atoms with E-state index in [2.05, 4.69) is 22.0 Å². The van der Waals surface area contributed by atoms with Crippen molar-refractivity contribution in [3.63, 3.8) is 0 Å². The second-order valence-electron chi connectivity index (χ2n) is 7.21. The second kappa shape index (κ2) is 7.95. The van der Waals surface area contributed by atoms with E-state index in [-0.39, 0.29) is 11.7 Å². The molecule has 0 bridgehead atoms. The maximum absolute atomic E-state index is 13.7. The smallest absolute Gasteiger partial charge is 0.307 e. The van der Waals surface area contributed by atoms with Gasteiger partial charge in [-0.3, -0.25) is 4.79 Å². The number of rotatable bonds is 6. The summed E-state index contributed by atoms with van der Waals surface area (Å²) in [5, 5.41) is 13.2. The monoisotopic (exact) mass is 361 g/mol. The number of carboxylic acids is 1. The molecule has 26 heavy (non-hydrogen) atoms. The number of likely N-dealkylation sites (tertiary alicyclic amines) is 1. The highest BCUT2D eigenvalue weighted by Gasteiger charge is 2.29. The van der Waals surface area contributed by atoms with Gasteiger partial charge in [0.05, 0.1) is 5.92 Å². The molecule has 140 valence electrons. The number of benzene rings is 1. The summed E-state index contributed by atoms with van der Waals surface area (Å²) in [4.78, 5) is 17.8. The van der Waals surface area contributed by atoms with Gasteiger partial charge in [0.2, 0.25) is 11.7 Å². The van der Waals surface area contributed by atoms with Gasteiger partial charge in [-0.15, -0.1) is 0 Å². The van der Waals surface area contributed by atoms with Crippen LogP contribution >= 0.6 is 0 Å². The zero-order chi connectivity index (χ0) is 18.7. The van der Waals surface area contributed by atoms with E-state index in [0.717, 1.165) is 25.9 Å². The molecule has 1 aromatic carbocycles. The number of carbonyl (C=O) groups is 1. The molecule has 1 aliphatic rings. The van der Waals surface area contributed by atoms with E-state index in [0.29, 0.717) is 41.7 Å². The zero-order valence-corrected chi connectivity index (χ0v) is 15.1. The average molecular weight is 361 g/mol. The molecule has 1 saturated heterocycles. The predicted molar refractivity (Wildman–Crippen MR) is 94.1 cm³/mol. The molecule has 7 heteroatoms. The van der Waals surface area contributed by atoms with Gasteiger partial charge in [-0.2, -0.15) is 4.98 Å². The lowest BCUT2D eigenvalue weighted by Gasteiger charge is -2.34. The number of hydrogen-bond donors (Lipinski definition) is 1. The van der Waals surface area contributed by atoms with Crippen molar-refractivity contribution in [1.82, 2.24) is 15.0 Å². The molecule has 6 nitrogen and oxygen atoms in total. The third kappa shape index (κ3) is 4.46. The summed E-state index contributed by atoms with van der Waals surface area (Å²) >= 11 is 0. The van der Waals surface area contributed by atoms with Crippen LogP contribution in [-0.4, -0.2) is 45.8 Å². The number of hydrogen-bond acceptors (Lipinski definition) is 5. The molecule has 0 radical (unpaired) electrons. The molecule has 0 saturated carbocycles. The third-order valence-corrected chi connectivity index (χ3v) is 4.85. The lowest BCUT2D eigenvalue weighted by atomic mass is 9.90. The molecule has 2 heterocycles. The molecule has 1 aliphatic heterocycles. The first kappa shape index (κ1) is 18.5. The summed E-state index contributed by atoms with van der Waals surface area (Å²) < 4.78 is 18.9. The Morgan fingerprint density at radius 2 is 2.23 bits per heavy atom. The minimum atomic E-state index is -0.714. The van der Waals surface area contributed by atoms with E-state index in [1.54, 1.807) is 19.1 Å². The number of halogens is 1. The lowest BCUT2D eigenvalue weighted by molar-refractivity contribution is -0.144. The van der Waals surface area contributed by atoms with Crippen molar-refractivity contribution in [3.05, 3.63) is 35.5 Å². The molecule has 0 spiro atoms. The molecule has 1 fully saturated rings. The Morgan fingerprint density at radius 3 is 2.96 bits per heavy atom. The largest absolute Gasteiger partial charge is 0.481 e. The summed E-state index contributed by atoms with van der Waals surface area (Å²) in [5.74, 6) is -0.00628. The second-order valence-corrected chi connectivity index (χ2v) is 7.21. The fraction of sp³-hybridized carbons (Fsp3) is 0.526.